The van der Waals surface area contributed by atoms with Gasteiger partial charge in [0.2, 0.25) is 0 Å². The first-order valence-electron chi connectivity index (χ1n) is 10.7. The number of anilines is 2. The van der Waals surface area contributed by atoms with Gasteiger partial charge in [0.1, 0.15) is 5.69 Å². The van der Waals surface area contributed by atoms with Crippen LogP contribution in [0, 0.1) is 6.92 Å². The van der Waals surface area contributed by atoms with E-state index in [1.165, 1.54) is 0 Å². The van der Waals surface area contributed by atoms with E-state index < -0.39 is 0 Å². The van der Waals surface area contributed by atoms with Gasteiger partial charge in [0.05, 0.1) is 11.4 Å². The number of amides is 2. The molecule has 3 N–H and O–H groups in total. The summed E-state index contributed by atoms with van der Waals surface area (Å²) in [4.78, 5) is 35.9. The topological polar surface area (TPSA) is 111 Å². The average molecular weight is 437 g/mol. The van der Waals surface area contributed by atoms with E-state index >= 15 is 0 Å². The molecule has 10 nitrogen and oxygen atoms in total. The number of aryl methyl sites for hydroxylation is 1. The number of carbonyl (C=O) groups is 1. The van der Waals surface area contributed by atoms with E-state index in [0.29, 0.717) is 13.1 Å². The lowest BCUT2D eigenvalue weighted by Crippen LogP contribution is -2.46. The van der Waals surface area contributed by atoms with Crippen LogP contribution >= 0.6 is 0 Å². The predicted molar refractivity (Wildman–Crippen MR) is 123 cm³/mol. The molecule has 0 bridgehead atoms. The molecular formula is C22H28N8O2. The van der Waals surface area contributed by atoms with Crippen LogP contribution in [-0.2, 0) is 6.54 Å². The van der Waals surface area contributed by atoms with Crippen LogP contribution in [0.2, 0.25) is 0 Å². The number of hydrogen-bond acceptors (Lipinski definition) is 6. The largest absolute Gasteiger partial charge is 0.368 e. The summed E-state index contributed by atoms with van der Waals surface area (Å²) in [7, 11) is 0. The second-order valence-corrected chi connectivity index (χ2v) is 7.72. The van der Waals surface area contributed by atoms with Crippen LogP contribution in [0.25, 0.3) is 5.82 Å². The first kappa shape index (κ1) is 21.6. The standard InChI is InChI=1S/C22H28N8O2/c1-3-23-22(32)27-18-13-17(14-24-21(18)31)15-28-9-11-29(12-10-28)19-5-6-20(26-16(19)2)30-8-4-7-25-30/h4-8,13-14H,3,9-12,15H2,1-2H3,(H,24,31)(H2,23,27,32). The Bertz CT molecular complexity index is 1120. The zero-order valence-electron chi connectivity index (χ0n) is 18.3. The van der Waals surface area contributed by atoms with Crippen LogP contribution in [0.5, 0.6) is 0 Å². The smallest absolute Gasteiger partial charge is 0.319 e. The van der Waals surface area contributed by atoms with Gasteiger partial charge in [-0.3, -0.25) is 9.69 Å². The molecule has 10 heteroatoms. The van der Waals surface area contributed by atoms with E-state index in [4.69, 9.17) is 4.98 Å². The van der Waals surface area contributed by atoms with Gasteiger partial charge in [0.25, 0.3) is 5.56 Å². The minimum absolute atomic E-state index is 0.256. The molecule has 3 aromatic heterocycles. The van der Waals surface area contributed by atoms with Crippen LogP contribution in [0.15, 0.2) is 47.7 Å². The third-order valence-corrected chi connectivity index (χ3v) is 5.45. The molecule has 4 heterocycles. The molecule has 3 aromatic rings. The fourth-order valence-corrected chi connectivity index (χ4v) is 3.85. The number of nitrogens with zero attached hydrogens (tertiary/aromatic N) is 5. The summed E-state index contributed by atoms with van der Waals surface area (Å²) in [6, 6.07) is 7.33. The van der Waals surface area contributed by atoms with Gasteiger partial charge < -0.3 is 20.5 Å². The van der Waals surface area contributed by atoms with Crippen LogP contribution in [-0.4, -0.2) is 63.4 Å². The lowest BCUT2D eigenvalue weighted by Gasteiger charge is -2.36. The Morgan fingerprint density at radius 2 is 2.03 bits per heavy atom. The average Bonchev–Trinajstić information content (AvgIpc) is 3.32. The van der Waals surface area contributed by atoms with Crippen LogP contribution in [0.1, 0.15) is 18.2 Å². The minimum atomic E-state index is -0.383. The van der Waals surface area contributed by atoms with Crippen molar-refractivity contribution in [1.82, 2.24) is 30.0 Å². The molecular weight excluding hydrogens is 408 g/mol. The fourth-order valence-electron chi connectivity index (χ4n) is 3.85. The Hall–Kier alpha value is -3.66. The molecule has 0 aliphatic carbocycles. The number of rotatable bonds is 6. The van der Waals surface area contributed by atoms with Gasteiger partial charge in [-0.1, -0.05) is 0 Å². The summed E-state index contributed by atoms with van der Waals surface area (Å²) in [5, 5.41) is 9.48. The van der Waals surface area contributed by atoms with Crippen molar-refractivity contribution in [2.75, 3.05) is 42.9 Å². The van der Waals surface area contributed by atoms with Crippen molar-refractivity contribution in [3.05, 3.63) is 64.5 Å². The van der Waals surface area contributed by atoms with Gasteiger partial charge in [-0.15, -0.1) is 0 Å². The highest BCUT2D eigenvalue weighted by atomic mass is 16.2. The van der Waals surface area contributed by atoms with Gasteiger partial charge in [0, 0.05) is 57.9 Å². The molecule has 0 atom stereocenters. The molecule has 0 saturated carbocycles. The monoisotopic (exact) mass is 436 g/mol. The van der Waals surface area contributed by atoms with E-state index in [1.807, 2.05) is 32.2 Å². The molecule has 0 spiro atoms. The number of urea groups is 1. The van der Waals surface area contributed by atoms with Gasteiger partial charge in [-0.05, 0) is 43.7 Å². The summed E-state index contributed by atoms with van der Waals surface area (Å²) in [6.07, 6.45) is 5.33. The highest BCUT2D eigenvalue weighted by Gasteiger charge is 2.20. The van der Waals surface area contributed by atoms with Crippen molar-refractivity contribution < 1.29 is 4.79 Å². The molecule has 1 saturated heterocycles. The number of hydrogen-bond donors (Lipinski definition) is 3. The predicted octanol–water partition coefficient (Wildman–Crippen LogP) is 1.73. The van der Waals surface area contributed by atoms with Gasteiger partial charge >= 0.3 is 6.03 Å². The normalized spacial score (nSPS) is 14.4. The first-order chi connectivity index (χ1) is 15.5. The Morgan fingerprint density at radius 3 is 2.72 bits per heavy atom. The summed E-state index contributed by atoms with van der Waals surface area (Å²) in [5.74, 6) is 0.810. The van der Waals surface area contributed by atoms with Crippen molar-refractivity contribution in [3.8, 4) is 5.82 Å². The number of piperazine rings is 1. The number of nitrogens with one attached hydrogen (secondary N) is 3. The van der Waals surface area contributed by atoms with Crippen molar-refractivity contribution in [1.29, 1.82) is 0 Å². The Balaban J connectivity index is 1.36. The summed E-state index contributed by atoms with van der Waals surface area (Å²) >= 11 is 0. The Labute approximate surface area is 186 Å². The Kier molecular flexibility index (Phi) is 6.50. The third-order valence-electron chi connectivity index (χ3n) is 5.45. The molecule has 0 radical (unpaired) electrons. The first-order valence-corrected chi connectivity index (χ1v) is 10.7. The molecule has 2 amide bonds. The second kappa shape index (κ2) is 9.65. The molecule has 168 valence electrons. The highest BCUT2D eigenvalue weighted by molar-refractivity contribution is 5.88. The molecule has 1 aliphatic heterocycles. The van der Waals surface area contributed by atoms with Gasteiger partial charge in [-0.2, -0.15) is 5.10 Å². The van der Waals surface area contributed by atoms with Crippen molar-refractivity contribution in [2.24, 2.45) is 0 Å². The number of aromatic nitrogens is 4. The zero-order chi connectivity index (χ0) is 22.5. The number of pyridine rings is 2. The maximum Gasteiger partial charge on any atom is 0.319 e. The molecule has 1 aliphatic rings. The van der Waals surface area contributed by atoms with Crippen LogP contribution in [0.3, 0.4) is 0 Å². The lowest BCUT2D eigenvalue weighted by atomic mass is 10.2. The zero-order valence-corrected chi connectivity index (χ0v) is 18.3. The maximum absolute atomic E-state index is 12.0. The van der Waals surface area contributed by atoms with E-state index in [-0.39, 0.29) is 17.3 Å². The minimum Gasteiger partial charge on any atom is -0.368 e. The number of H-pyrrole nitrogens is 1. The number of aromatic amines is 1. The highest BCUT2D eigenvalue weighted by Crippen LogP contribution is 2.22. The van der Waals surface area contributed by atoms with Crippen molar-refractivity contribution in [3.63, 3.8) is 0 Å². The van der Waals surface area contributed by atoms with E-state index in [1.54, 1.807) is 23.1 Å². The fraction of sp³-hybridized carbons (Fsp3) is 0.364. The van der Waals surface area contributed by atoms with Crippen LogP contribution < -0.4 is 21.1 Å². The van der Waals surface area contributed by atoms with Crippen molar-refractivity contribution >= 4 is 17.4 Å². The second-order valence-electron chi connectivity index (χ2n) is 7.72. The summed E-state index contributed by atoms with van der Waals surface area (Å²) < 4.78 is 1.76. The van der Waals surface area contributed by atoms with E-state index in [9.17, 15) is 9.59 Å². The van der Waals surface area contributed by atoms with E-state index in [2.05, 4.69) is 36.6 Å². The molecule has 1 fully saturated rings. The van der Waals surface area contributed by atoms with Crippen LogP contribution in [0.4, 0.5) is 16.2 Å². The Morgan fingerprint density at radius 1 is 1.22 bits per heavy atom. The summed E-state index contributed by atoms with van der Waals surface area (Å²) in [5.41, 5.74) is 3.01. The molecule has 0 unspecified atom stereocenters. The SMILES string of the molecule is CCNC(=O)Nc1cc(CN2CCN(c3ccc(-n4cccn4)nc3C)CC2)c[nH]c1=O. The lowest BCUT2D eigenvalue weighted by molar-refractivity contribution is 0.249. The molecule has 0 aromatic carbocycles. The van der Waals surface area contributed by atoms with Crippen molar-refractivity contribution in [2.45, 2.75) is 20.4 Å². The summed E-state index contributed by atoms with van der Waals surface area (Å²) in [6.45, 7) is 8.59. The van der Waals surface area contributed by atoms with E-state index in [0.717, 1.165) is 48.9 Å². The van der Waals surface area contributed by atoms with Gasteiger partial charge in [0.15, 0.2) is 5.82 Å². The number of carbonyl (C=O) groups excluding carboxylic acids is 1. The van der Waals surface area contributed by atoms with Gasteiger partial charge in [-0.25, -0.2) is 14.5 Å². The maximum atomic E-state index is 12.0. The quantitative estimate of drug-likeness (QED) is 0.543. The molecule has 32 heavy (non-hydrogen) atoms. The molecule has 4 rings (SSSR count). The third kappa shape index (κ3) is 4.97.